The molecule has 1 atom stereocenters. The van der Waals surface area contributed by atoms with Crippen molar-refractivity contribution in [2.45, 2.75) is 12.5 Å². The molecule has 25 heavy (non-hydrogen) atoms. The van der Waals surface area contributed by atoms with E-state index in [4.69, 9.17) is 4.52 Å². The molecule has 0 saturated carbocycles. The van der Waals surface area contributed by atoms with Crippen LogP contribution in [0.4, 0.5) is 0 Å². The summed E-state index contributed by atoms with van der Waals surface area (Å²) in [5.41, 5.74) is 1.81. The molecule has 1 saturated heterocycles. The molecule has 4 rings (SSSR count). The van der Waals surface area contributed by atoms with Crippen molar-refractivity contribution >= 4 is 23.7 Å². The predicted octanol–water partition coefficient (Wildman–Crippen LogP) is 2.18. The fraction of sp³-hybridized carbons (Fsp3) is 0.375. The van der Waals surface area contributed by atoms with Gasteiger partial charge >= 0.3 is 0 Å². The highest BCUT2D eigenvalue weighted by molar-refractivity contribution is 7.13. The molecule has 1 N–H and O–H groups in total. The summed E-state index contributed by atoms with van der Waals surface area (Å²) in [6, 6.07) is 5.98. The Kier molecular flexibility index (Phi) is 5.74. The van der Waals surface area contributed by atoms with Crippen LogP contribution in [0.1, 0.15) is 23.5 Å². The zero-order valence-electron chi connectivity index (χ0n) is 13.8. The summed E-state index contributed by atoms with van der Waals surface area (Å²) >= 11 is 1.58. The van der Waals surface area contributed by atoms with Crippen molar-refractivity contribution in [3.05, 3.63) is 47.2 Å². The molecule has 7 nitrogen and oxygen atoms in total. The molecule has 3 aromatic rings. The number of rotatable bonds is 4. The van der Waals surface area contributed by atoms with Crippen LogP contribution in [0.25, 0.3) is 10.7 Å². The molecular weight excluding hydrogens is 360 g/mol. The minimum atomic E-state index is 0. The van der Waals surface area contributed by atoms with Gasteiger partial charge in [-0.15, -0.1) is 23.7 Å². The molecule has 0 bridgehead atoms. The molecule has 1 fully saturated rings. The van der Waals surface area contributed by atoms with Crippen molar-refractivity contribution in [2.75, 3.05) is 26.7 Å². The van der Waals surface area contributed by atoms with Crippen LogP contribution in [0, 0.1) is 0 Å². The van der Waals surface area contributed by atoms with Gasteiger partial charge in [-0.05, 0) is 19.2 Å². The van der Waals surface area contributed by atoms with Crippen molar-refractivity contribution in [3.8, 4) is 10.7 Å². The number of pyridine rings is 1. The SMILES string of the molecule is CN1CCNCC1c1noc(Cc2csc(-c3ccccn3)n2)n1.Cl. The van der Waals surface area contributed by atoms with E-state index in [-0.39, 0.29) is 18.4 Å². The molecule has 1 aliphatic heterocycles. The minimum Gasteiger partial charge on any atom is -0.339 e. The van der Waals surface area contributed by atoms with Crippen LogP contribution in [0.2, 0.25) is 0 Å². The van der Waals surface area contributed by atoms with E-state index in [0.29, 0.717) is 12.3 Å². The number of likely N-dealkylation sites (N-methyl/N-ethyl adjacent to an activating group) is 1. The molecule has 0 aliphatic carbocycles. The second-order valence-corrected chi connectivity index (χ2v) is 6.64. The molecule has 1 unspecified atom stereocenters. The summed E-state index contributed by atoms with van der Waals surface area (Å²) in [6.45, 7) is 2.82. The third-order valence-electron chi connectivity index (χ3n) is 4.06. The van der Waals surface area contributed by atoms with Gasteiger partial charge in [0, 0.05) is 31.2 Å². The molecule has 0 amide bonds. The van der Waals surface area contributed by atoms with Crippen LogP contribution in [0.15, 0.2) is 34.3 Å². The monoisotopic (exact) mass is 378 g/mol. The highest BCUT2D eigenvalue weighted by Gasteiger charge is 2.25. The first-order valence-electron chi connectivity index (χ1n) is 7.89. The average Bonchev–Trinajstić information content (AvgIpc) is 3.26. The lowest BCUT2D eigenvalue weighted by atomic mass is 10.2. The van der Waals surface area contributed by atoms with Gasteiger partial charge in [-0.2, -0.15) is 4.98 Å². The fourth-order valence-corrected chi connectivity index (χ4v) is 3.51. The van der Waals surface area contributed by atoms with Gasteiger partial charge in [0.15, 0.2) is 5.82 Å². The van der Waals surface area contributed by atoms with Crippen LogP contribution in [0.3, 0.4) is 0 Å². The second-order valence-electron chi connectivity index (χ2n) is 5.78. The van der Waals surface area contributed by atoms with Crippen LogP contribution >= 0.6 is 23.7 Å². The smallest absolute Gasteiger partial charge is 0.232 e. The zero-order valence-corrected chi connectivity index (χ0v) is 15.4. The Morgan fingerprint density at radius 2 is 2.28 bits per heavy atom. The van der Waals surface area contributed by atoms with E-state index in [9.17, 15) is 0 Å². The Balaban J connectivity index is 0.00000182. The lowest BCUT2D eigenvalue weighted by Crippen LogP contribution is -2.44. The number of hydrogen-bond donors (Lipinski definition) is 1. The van der Waals surface area contributed by atoms with Gasteiger partial charge in [-0.3, -0.25) is 9.88 Å². The van der Waals surface area contributed by atoms with E-state index < -0.39 is 0 Å². The summed E-state index contributed by atoms with van der Waals surface area (Å²) in [7, 11) is 2.08. The Labute approximate surface area is 155 Å². The second kappa shape index (κ2) is 8.01. The van der Waals surface area contributed by atoms with Crippen molar-refractivity contribution in [3.63, 3.8) is 0 Å². The highest BCUT2D eigenvalue weighted by Crippen LogP contribution is 2.23. The van der Waals surface area contributed by atoms with Crippen molar-refractivity contribution in [1.82, 2.24) is 30.3 Å². The van der Waals surface area contributed by atoms with Crippen LogP contribution in [-0.4, -0.2) is 51.7 Å². The lowest BCUT2D eigenvalue weighted by Gasteiger charge is -2.30. The van der Waals surface area contributed by atoms with Gasteiger partial charge < -0.3 is 9.84 Å². The predicted molar refractivity (Wildman–Crippen MR) is 97.9 cm³/mol. The van der Waals surface area contributed by atoms with E-state index in [0.717, 1.165) is 41.9 Å². The first-order valence-corrected chi connectivity index (χ1v) is 8.77. The first kappa shape index (κ1) is 17.9. The summed E-state index contributed by atoms with van der Waals surface area (Å²) < 4.78 is 5.42. The quantitative estimate of drug-likeness (QED) is 0.745. The Morgan fingerprint density at radius 3 is 3.08 bits per heavy atom. The van der Waals surface area contributed by atoms with Gasteiger partial charge in [-0.25, -0.2) is 4.98 Å². The van der Waals surface area contributed by atoms with Gasteiger partial charge in [0.25, 0.3) is 0 Å². The number of hydrogen-bond acceptors (Lipinski definition) is 8. The normalized spacial score (nSPS) is 18.0. The molecule has 0 aromatic carbocycles. The number of halogens is 1. The molecule has 9 heteroatoms. The minimum absolute atomic E-state index is 0. The van der Waals surface area contributed by atoms with E-state index in [2.05, 4.69) is 37.4 Å². The average molecular weight is 379 g/mol. The number of thiazole rings is 1. The topological polar surface area (TPSA) is 80.0 Å². The molecule has 3 aromatic heterocycles. The molecule has 1 aliphatic rings. The number of piperazine rings is 1. The number of nitrogens with zero attached hydrogens (tertiary/aromatic N) is 5. The molecule has 0 spiro atoms. The molecule has 4 heterocycles. The summed E-state index contributed by atoms with van der Waals surface area (Å²) in [5.74, 6) is 1.33. The number of nitrogens with one attached hydrogen (secondary N) is 1. The highest BCUT2D eigenvalue weighted by atomic mass is 35.5. The van der Waals surface area contributed by atoms with Crippen molar-refractivity contribution in [2.24, 2.45) is 0 Å². The lowest BCUT2D eigenvalue weighted by molar-refractivity contribution is 0.190. The largest absolute Gasteiger partial charge is 0.339 e. The third kappa shape index (κ3) is 4.04. The van der Waals surface area contributed by atoms with Crippen LogP contribution < -0.4 is 5.32 Å². The van der Waals surface area contributed by atoms with Crippen LogP contribution in [-0.2, 0) is 6.42 Å². The van der Waals surface area contributed by atoms with Gasteiger partial charge in [-0.1, -0.05) is 11.2 Å². The van der Waals surface area contributed by atoms with Crippen LogP contribution in [0.5, 0.6) is 0 Å². The summed E-state index contributed by atoms with van der Waals surface area (Å²) in [5, 5.41) is 10.4. The van der Waals surface area contributed by atoms with E-state index >= 15 is 0 Å². The fourth-order valence-electron chi connectivity index (χ4n) is 2.72. The third-order valence-corrected chi connectivity index (χ3v) is 4.97. The van der Waals surface area contributed by atoms with Gasteiger partial charge in [0.2, 0.25) is 5.89 Å². The van der Waals surface area contributed by atoms with Gasteiger partial charge in [0.1, 0.15) is 5.01 Å². The maximum absolute atomic E-state index is 5.42. The van der Waals surface area contributed by atoms with E-state index in [1.165, 1.54) is 0 Å². The van der Waals surface area contributed by atoms with E-state index in [1.54, 1.807) is 17.5 Å². The molecule has 132 valence electrons. The standard InChI is InChI=1S/C16H18N6OS.ClH/c1-22-7-6-17-9-13(22)15-20-14(23-21-15)8-11-10-24-16(19-11)12-4-2-3-5-18-12;/h2-5,10,13,17H,6-9H2,1H3;1H. The Bertz CT molecular complexity index is 808. The summed E-state index contributed by atoms with van der Waals surface area (Å²) in [4.78, 5) is 15.7. The maximum Gasteiger partial charge on any atom is 0.232 e. The Morgan fingerprint density at radius 1 is 1.36 bits per heavy atom. The van der Waals surface area contributed by atoms with Crippen molar-refractivity contribution in [1.29, 1.82) is 0 Å². The maximum atomic E-state index is 5.42. The molecular formula is C16H19ClN6OS. The van der Waals surface area contributed by atoms with E-state index in [1.807, 2.05) is 23.6 Å². The van der Waals surface area contributed by atoms with Gasteiger partial charge in [0.05, 0.1) is 23.9 Å². The molecule has 0 radical (unpaired) electrons. The summed E-state index contributed by atoms with van der Waals surface area (Å²) in [6.07, 6.45) is 2.32. The number of aromatic nitrogens is 4. The first-order chi connectivity index (χ1) is 11.8. The zero-order chi connectivity index (χ0) is 16.4. The van der Waals surface area contributed by atoms with Crippen molar-refractivity contribution < 1.29 is 4.52 Å². The Hall–Kier alpha value is -1.87.